The molecule has 3 aromatic carbocycles. The number of hydrogen-bond donors (Lipinski definition) is 2. The lowest BCUT2D eigenvalue weighted by Crippen LogP contribution is -2.30. The number of aromatic nitrogens is 2. The molecule has 1 fully saturated rings. The van der Waals surface area contributed by atoms with E-state index >= 15 is 0 Å². The topological polar surface area (TPSA) is 111 Å². The van der Waals surface area contributed by atoms with Crippen molar-refractivity contribution in [2.24, 2.45) is 0 Å². The third kappa shape index (κ3) is 4.08. The number of carbonyl (C=O) groups excluding carboxylic acids is 2. The zero-order valence-corrected chi connectivity index (χ0v) is 22.6. The van der Waals surface area contributed by atoms with Gasteiger partial charge in [0.2, 0.25) is 5.95 Å². The maximum atomic E-state index is 13.6. The predicted molar refractivity (Wildman–Crippen MR) is 153 cm³/mol. The standard InChI is InChI=1S/C30H29N5O5/c1-33(2)19-8-5-17(6-9-19)26-25(27(36)18-7-12-24-23(15-18)34(3)13-14-40-24)28(37)29(38)35(26)30-31-21-11-10-20(39-4)16-22(21)32-30/h5-12,15-16,26,36H,13-14H2,1-4H3,(H,31,32)/b27-25+. The first-order chi connectivity index (χ1) is 19.3. The summed E-state index contributed by atoms with van der Waals surface area (Å²) >= 11 is 0. The summed E-state index contributed by atoms with van der Waals surface area (Å²) in [5, 5.41) is 11.6. The molecular formula is C30H29N5O5. The Morgan fingerprint density at radius 3 is 2.60 bits per heavy atom. The molecule has 0 spiro atoms. The van der Waals surface area contributed by atoms with Crippen LogP contribution in [0.3, 0.4) is 0 Å². The molecule has 0 radical (unpaired) electrons. The van der Waals surface area contributed by atoms with Gasteiger partial charge in [0.15, 0.2) is 0 Å². The van der Waals surface area contributed by atoms with E-state index in [1.165, 1.54) is 4.90 Å². The smallest absolute Gasteiger partial charge is 0.302 e. The summed E-state index contributed by atoms with van der Waals surface area (Å²) in [5.74, 6) is -0.319. The summed E-state index contributed by atoms with van der Waals surface area (Å²) in [7, 11) is 7.37. The molecule has 1 saturated heterocycles. The molecule has 2 aliphatic rings. The van der Waals surface area contributed by atoms with E-state index in [2.05, 4.69) is 9.97 Å². The molecule has 2 N–H and O–H groups in total. The molecule has 1 atom stereocenters. The molecule has 0 aliphatic carbocycles. The number of aliphatic hydroxyl groups is 1. The Hall–Kier alpha value is -4.99. The van der Waals surface area contributed by atoms with Gasteiger partial charge in [-0.25, -0.2) is 4.98 Å². The SMILES string of the molecule is COc1ccc2nc(N3C(=O)C(=O)/C(=C(/O)c4ccc5c(c4)N(C)CCO5)C3c3ccc(N(C)C)cc3)[nH]c2c1. The largest absolute Gasteiger partial charge is 0.507 e. The summed E-state index contributed by atoms with van der Waals surface area (Å²) in [6.45, 7) is 1.25. The van der Waals surface area contributed by atoms with Gasteiger partial charge in [0.25, 0.3) is 5.78 Å². The molecule has 6 rings (SSSR count). The second-order valence-corrected chi connectivity index (χ2v) is 10.1. The van der Waals surface area contributed by atoms with Crippen LogP contribution in [-0.4, -0.2) is 68.2 Å². The van der Waals surface area contributed by atoms with Gasteiger partial charge in [0.05, 0.1) is 42.0 Å². The molecule has 4 aromatic rings. The number of likely N-dealkylation sites (N-methyl/N-ethyl adjacent to an activating group) is 1. The number of ether oxygens (including phenoxy) is 2. The molecule has 0 saturated carbocycles. The molecule has 40 heavy (non-hydrogen) atoms. The Bertz CT molecular complexity index is 1670. The molecule has 1 aromatic heterocycles. The lowest BCUT2D eigenvalue weighted by atomic mass is 9.95. The van der Waals surface area contributed by atoms with E-state index in [9.17, 15) is 14.7 Å². The van der Waals surface area contributed by atoms with E-state index in [1.807, 2.05) is 55.2 Å². The van der Waals surface area contributed by atoms with Crippen molar-refractivity contribution in [2.45, 2.75) is 6.04 Å². The monoisotopic (exact) mass is 539 g/mol. The van der Waals surface area contributed by atoms with Crippen LogP contribution in [0.4, 0.5) is 17.3 Å². The molecule has 2 aliphatic heterocycles. The number of carbonyl (C=O) groups is 2. The summed E-state index contributed by atoms with van der Waals surface area (Å²) < 4.78 is 11.1. The highest BCUT2D eigenvalue weighted by Gasteiger charge is 2.48. The Morgan fingerprint density at radius 2 is 1.88 bits per heavy atom. The van der Waals surface area contributed by atoms with Crippen molar-refractivity contribution in [3.63, 3.8) is 0 Å². The van der Waals surface area contributed by atoms with Crippen LogP contribution >= 0.6 is 0 Å². The summed E-state index contributed by atoms with van der Waals surface area (Å²) in [6, 6.07) is 17.2. The molecule has 204 valence electrons. The van der Waals surface area contributed by atoms with Crippen LogP contribution < -0.4 is 24.2 Å². The van der Waals surface area contributed by atoms with Crippen molar-refractivity contribution in [2.75, 3.05) is 56.1 Å². The highest BCUT2D eigenvalue weighted by Crippen LogP contribution is 2.43. The second kappa shape index (κ2) is 9.64. The summed E-state index contributed by atoms with van der Waals surface area (Å²) in [4.78, 5) is 40.3. The van der Waals surface area contributed by atoms with Crippen LogP contribution in [-0.2, 0) is 9.59 Å². The highest BCUT2D eigenvalue weighted by molar-refractivity contribution is 6.51. The van der Waals surface area contributed by atoms with Crippen LogP contribution in [0.2, 0.25) is 0 Å². The minimum atomic E-state index is -0.913. The van der Waals surface area contributed by atoms with Crippen LogP contribution in [0, 0.1) is 0 Å². The van der Waals surface area contributed by atoms with Crippen molar-refractivity contribution in [3.8, 4) is 11.5 Å². The van der Waals surface area contributed by atoms with Crippen molar-refractivity contribution in [1.29, 1.82) is 0 Å². The fourth-order valence-corrected chi connectivity index (χ4v) is 5.19. The number of hydrogen-bond acceptors (Lipinski definition) is 8. The first-order valence-electron chi connectivity index (χ1n) is 12.9. The maximum absolute atomic E-state index is 13.6. The first kappa shape index (κ1) is 25.3. The van der Waals surface area contributed by atoms with E-state index in [0.717, 1.165) is 11.4 Å². The van der Waals surface area contributed by atoms with Gasteiger partial charge in [0.1, 0.15) is 23.9 Å². The Labute approximate surface area is 231 Å². The number of nitrogens with zero attached hydrogens (tertiary/aromatic N) is 4. The normalized spacial score (nSPS) is 18.1. The van der Waals surface area contributed by atoms with Gasteiger partial charge in [-0.15, -0.1) is 0 Å². The fraction of sp³-hybridized carbons (Fsp3) is 0.233. The van der Waals surface area contributed by atoms with Crippen LogP contribution in [0.25, 0.3) is 16.8 Å². The van der Waals surface area contributed by atoms with Gasteiger partial charge in [-0.05, 0) is 48.0 Å². The van der Waals surface area contributed by atoms with E-state index in [1.54, 1.807) is 43.5 Å². The van der Waals surface area contributed by atoms with Crippen molar-refractivity contribution >= 4 is 45.8 Å². The second-order valence-electron chi connectivity index (χ2n) is 10.1. The van der Waals surface area contributed by atoms with Crippen LogP contribution in [0.1, 0.15) is 17.2 Å². The quantitative estimate of drug-likeness (QED) is 0.222. The Kier molecular flexibility index (Phi) is 6.10. The number of H-pyrrole nitrogens is 1. The Balaban J connectivity index is 1.53. The average molecular weight is 540 g/mol. The number of anilines is 3. The van der Waals surface area contributed by atoms with Gasteiger partial charge < -0.3 is 29.4 Å². The van der Waals surface area contributed by atoms with Crippen LogP contribution in [0.15, 0.2) is 66.2 Å². The molecule has 1 unspecified atom stereocenters. The predicted octanol–water partition coefficient (Wildman–Crippen LogP) is 4.09. The van der Waals surface area contributed by atoms with E-state index in [4.69, 9.17) is 9.47 Å². The lowest BCUT2D eigenvalue weighted by Gasteiger charge is -2.28. The highest BCUT2D eigenvalue weighted by atomic mass is 16.5. The van der Waals surface area contributed by atoms with Gasteiger partial charge >= 0.3 is 5.91 Å². The minimum Gasteiger partial charge on any atom is -0.507 e. The number of Topliss-reactive ketones (excluding diaryl/α,β-unsaturated/α-hetero) is 1. The van der Waals surface area contributed by atoms with Crippen LogP contribution in [0.5, 0.6) is 11.5 Å². The number of ketones is 1. The first-order valence-corrected chi connectivity index (χ1v) is 12.9. The molecular weight excluding hydrogens is 510 g/mol. The number of imidazole rings is 1. The minimum absolute atomic E-state index is 0.0139. The molecule has 1 amide bonds. The summed E-state index contributed by atoms with van der Waals surface area (Å²) in [5.41, 5.74) is 4.06. The van der Waals surface area contributed by atoms with Gasteiger partial charge in [-0.2, -0.15) is 0 Å². The maximum Gasteiger partial charge on any atom is 0.302 e. The van der Waals surface area contributed by atoms with Gasteiger partial charge in [-0.3, -0.25) is 14.5 Å². The third-order valence-corrected chi connectivity index (χ3v) is 7.40. The number of methoxy groups -OCH3 is 1. The van der Waals surface area contributed by atoms with E-state index in [-0.39, 0.29) is 17.3 Å². The molecule has 0 bridgehead atoms. The Morgan fingerprint density at radius 1 is 1.10 bits per heavy atom. The number of benzene rings is 3. The van der Waals surface area contributed by atoms with Crippen molar-refractivity contribution < 1.29 is 24.2 Å². The molecule has 10 heteroatoms. The summed E-state index contributed by atoms with van der Waals surface area (Å²) in [6.07, 6.45) is 0. The van der Waals surface area contributed by atoms with Gasteiger partial charge in [0, 0.05) is 38.5 Å². The zero-order valence-electron chi connectivity index (χ0n) is 22.6. The molecule has 3 heterocycles. The third-order valence-electron chi connectivity index (χ3n) is 7.40. The zero-order chi connectivity index (χ0) is 28.1. The average Bonchev–Trinajstić information content (AvgIpc) is 3.50. The molecule has 10 nitrogen and oxygen atoms in total. The fourth-order valence-electron chi connectivity index (χ4n) is 5.19. The van der Waals surface area contributed by atoms with E-state index in [0.29, 0.717) is 46.8 Å². The number of aliphatic hydroxyl groups excluding tert-OH is 1. The lowest BCUT2D eigenvalue weighted by molar-refractivity contribution is -0.132. The number of rotatable bonds is 5. The number of amides is 1. The van der Waals surface area contributed by atoms with Gasteiger partial charge in [-0.1, -0.05) is 12.1 Å². The van der Waals surface area contributed by atoms with Crippen molar-refractivity contribution in [3.05, 3.63) is 77.4 Å². The van der Waals surface area contributed by atoms with Crippen molar-refractivity contribution in [1.82, 2.24) is 9.97 Å². The number of fused-ring (bicyclic) bond motifs is 2. The number of nitrogens with one attached hydrogen (secondary N) is 1. The van der Waals surface area contributed by atoms with E-state index < -0.39 is 17.7 Å². The number of aromatic amines is 1.